The van der Waals surface area contributed by atoms with Crippen molar-refractivity contribution in [2.24, 2.45) is 0 Å². The monoisotopic (exact) mass is 265 g/mol. The van der Waals surface area contributed by atoms with Crippen molar-refractivity contribution >= 4 is 9.84 Å². The largest absolute Gasteiger partial charge is 0.280 e. The third kappa shape index (κ3) is 2.19. The van der Waals surface area contributed by atoms with Crippen LogP contribution in [-0.2, 0) is 9.84 Å². The van der Waals surface area contributed by atoms with E-state index in [-0.39, 0.29) is 5.37 Å². The van der Waals surface area contributed by atoms with Crippen molar-refractivity contribution in [2.45, 2.75) is 48.4 Å². The molecule has 2 aliphatic rings. The van der Waals surface area contributed by atoms with Crippen LogP contribution >= 0.6 is 0 Å². The molecular formula is C14H19NO2S. The molecule has 2 unspecified atom stereocenters. The lowest BCUT2D eigenvalue weighted by molar-refractivity contribution is 0.293. The standard InChI is InChI=1S/C14H19NO2S/c16-18(17,13-9-5-2-6-10-13)14-11-15(14)12-7-3-1-4-8-12/h2,5-6,9-10,12,14H,1,3-4,7-8,11H2. The second-order valence-corrected chi connectivity index (χ2v) is 7.41. The molecular weight excluding hydrogens is 246 g/mol. The predicted octanol–water partition coefficient (Wildman–Crippen LogP) is 2.43. The van der Waals surface area contributed by atoms with Gasteiger partial charge in [-0.2, -0.15) is 0 Å². The lowest BCUT2D eigenvalue weighted by Gasteiger charge is -2.23. The average molecular weight is 265 g/mol. The molecule has 0 amide bonds. The number of rotatable bonds is 3. The van der Waals surface area contributed by atoms with Gasteiger partial charge < -0.3 is 0 Å². The molecule has 4 heteroatoms. The normalized spacial score (nSPS) is 29.1. The smallest absolute Gasteiger partial charge is 0.195 e. The van der Waals surface area contributed by atoms with Gasteiger partial charge in [0.25, 0.3) is 0 Å². The molecule has 2 fully saturated rings. The maximum Gasteiger partial charge on any atom is 0.195 e. The van der Waals surface area contributed by atoms with Crippen LogP contribution in [0.25, 0.3) is 0 Å². The van der Waals surface area contributed by atoms with E-state index in [1.807, 2.05) is 6.07 Å². The van der Waals surface area contributed by atoms with E-state index in [4.69, 9.17) is 0 Å². The lowest BCUT2D eigenvalue weighted by atomic mass is 9.96. The van der Waals surface area contributed by atoms with Crippen LogP contribution in [0, 0.1) is 0 Å². The summed E-state index contributed by atoms with van der Waals surface area (Å²) in [6.45, 7) is 0.724. The summed E-state index contributed by atoms with van der Waals surface area (Å²) in [5.41, 5.74) is 0. The van der Waals surface area contributed by atoms with E-state index in [2.05, 4.69) is 4.90 Å². The van der Waals surface area contributed by atoms with Crippen molar-refractivity contribution in [1.82, 2.24) is 4.90 Å². The highest BCUT2D eigenvalue weighted by Gasteiger charge is 2.48. The van der Waals surface area contributed by atoms with Crippen LogP contribution in [0.4, 0.5) is 0 Å². The quantitative estimate of drug-likeness (QED) is 0.788. The average Bonchev–Trinajstić information content (AvgIpc) is 3.22. The summed E-state index contributed by atoms with van der Waals surface area (Å²) in [5.74, 6) is 0. The molecule has 0 aromatic heterocycles. The summed E-state index contributed by atoms with van der Waals surface area (Å²) in [6, 6.07) is 9.34. The van der Waals surface area contributed by atoms with Gasteiger partial charge in [-0.3, -0.25) is 4.90 Å². The van der Waals surface area contributed by atoms with E-state index < -0.39 is 9.84 Å². The zero-order valence-electron chi connectivity index (χ0n) is 10.5. The van der Waals surface area contributed by atoms with Crippen LogP contribution in [0.5, 0.6) is 0 Å². The third-order valence-corrected chi connectivity index (χ3v) is 6.14. The van der Waals surface area contributed by atoms with Gasteiger partial charge in [-0.25, -0.2) is 8.42 Å². The molecule has 1 aromatic carbocycles. The highest BCUT2D eigenvalue weighted by atomic mass is 32.2. The first kappa shape index (κ1) is 12.2. The Kier molecular flexibility index (Phi) is 3.16. The molecule has 98 valence electrons. The summed E-state index contributed by atoms with van der Waals surface area (Å²) >= 11 is 0. The fourth-order valence-corrected chi connectivity index (χ4v) is 4.72. The molecule has 18 heavy (non-hydrogen) atoms. The Morgan fingerprint density at radius 3 is 2.33 bits per heavy atom. The van der Waals surface area contributed by atoms with Crippen molar-refractivity contribution in [3.8, 4) is 0 Å². The molecule has 3 rings (SSSR count). The Bertz CT molecular complexity index is 506. The highest BCUT2D eigenvalue weighted by Crippen LogP contribution is 2.36. The molecule has 1 aliphatic heterocycles. The zero-order valence-corrected chi connectivity index (χ0v) is 11.3. The molecule has 0 bridgehead atoms. The minimum atomic E-state index is -3.14. The molecule has 1 aliphatic carbocycles. The van der Waals surface area contributed by atoms with Crippen molar-refractivity contribution in [1.29, 1.82) is 0 Å². The van der Waals surface area contributed by atoms with Gasteiger partial charge in [0.15, 0.2) is 9.84 Å². The minimum absolute atomic E-state index is 0.261. The number of nitrogens with zero attached hydrogens (tertiary/aromatic N) is 1. The SMILES string of the molecule is O=S(=O)(c1ccccc1)C1CN1C1CCCCC1. The van der Waals surface area contributed by atoms with Crippen LogP contribution < -0.4 is 0 Å². The molecule has 3 nitrogen and oxygen atoms in total. The van der Waals surface area contributed by atoms with E-state index >= 15 is 0 Å². The second-order valence-electron chi connectivity index (χ2n) is 5.30. The van der Waals surface area contributed by atoms with E-state index in [0.29, 0.717) is 10.9 Å². The molecule has 2 atom stereocenters. The Balaban J connectivity index is 1.73. The van der Waals surface area contributed by atoms with Gasteiger partial charge >= 0.3 is 0 Å². The predicted molar refractivity (Wildman–Crippen MR) is 71.0 cm³/mol. The Labute approximate surface area is 109 Å². The van der Waals surface area contributed by atoms with E-state index in [9.17, 15) is 8.42 Å². The summed E-state index contributed by atoms with van der Waals surface area (Å²) < 4.78 is 24.8. The van der Waals surface area contributed by atoms with Gasteiger partial charge in [-0.1, -0.05) is 37.5 Å². The molecule has 1 saturated carbocycles. The fraction of sp³-hybridized carbons (Fsp3) is 0.571. The number of benzene rings is 1. The van der Waals surface area contributed by atoms with Crippen LogP contribution in [-0.4, -0.2) is 31.3 Å². The highest BCUT2D eigenvalue weighted by molar-refractivity contribution is 7.92. The van der Waals surface area contributed by atoms with Gasteiger partial charge in [0, 0.05) is 12.6 Å². The van der Waals surface area contributed by atoms with E-state index in [0.717, 1.165) is 6.54 Å². The first-order valence-corrected chi connectivity index (χ1v) is 8.29. The molecule has 0 spiro atoms. The maximum atomic E-state index is 12.4. The molecule has 0 radical (unpaired) electrons. The first-order chi connectivity index (χ1) is 8.69. The molecule has 1 aromatic rings. The van der Waals surface area contributed by atoms with Crippen LogP contribution in [0.2, 0.25) is 0 Å². The number of sulfone groups is 1. The molecule has 1 saturated heterocycles. The Morgan fingerprint density at radius 1 is 1.00 bits per heavy atom. The van der Waals surface area contributed by atoms with Crippen LogP contribution in [0.1, 0.15) is 32.1 Å². The Hall–Kier alpha value is -0.870. The van der Waals surface area contributed by atoms with Crippen molar-refractivity contribution in [2.75, 3.05) is 6.54 Å². The van der Waals surface area contributed by atoms with E-state index in [1.165, 1.54) is 32.1 Å². The second kappa shape index (κ2) is 4.67. The maximum absolute atomic E-state index is 12.4. The number of hydrogen-bond acceptors (Lipinski definition) is 3. The number of hydrogen-bond donors (Lipinski definition) is 0. The van der Waals surface area contributed by atoms with E-state index in [1.54, 1.807) is 24.3 Å². The van der Waals surface area contributed by atoms with Crippen molar-refractivity contribution in [3.63, 3.8) is 0 Å². The van der Waals surface area contributed by atoms with Gasteiger partial charge in [0.2, 0.25) is 0 Å². The lowest BCUT2D eigenvalue weighted by Crippen LogP contribution is -2.26. The van der Waals surface area contributed by atoms with Gasteiger partial charge in [0.05, 0.1) is 4.90 Å². The van der Waals surface area contributed by atoms with Gasteiger partial charge in [0.1, 0.15) is 5.37 Å². The fourth-order valence-electron chi connectivity index (χ4n) is 2.97. The molecule has 1 heterocycles. The zero-order chi connectivity index (χ0) is 12.6. The summed E-state index contributed by atoms with van der Waals surface area (Å²) in [6.07, 6.45) is 6.14. The van der Waals surface area contributed by atoms with Crippen molar-refractivity contribution in [3.05, 3.63) is 30.3 Å². The van der Waals surface area contributed by atoms with Crippen LogP contribution in [0.15, 0.2) is 35.2 Å². The summed E-state index contributed by atoms with van der Waals surface area (Å²) in [7, 11) is -3.14. The minimum Gasteiger partial charge on any atom is -0.280 e. The topological polar surface area (TPSA) is 37.1 Å². The third-order valence-electron chi connectivity index (χ3n) is 4.08. The summed E-state index contributed by atoms with van der Waals surface area (Å²) in [4.78, 5) is 2.63. The summed E-state index contributed by atoms with van der Waals surface area (Å²) in [5, 5.41) is -0.261. The first-order valence-electron chi connectivity index (χ1n) is 6.74. The van der Waals surface area contributed by atoms with Crippen LogP contribution in [0.3, 0.4) is 0 Å². The Morgan fingerprint density at radius 2 is 1.67 bits per heavy atom. The molecule has 0 N–H and O–H groups in total. The van der Waals surface area contributed by atoms with Gasteiger partial charge in [-0.15, -0.1) is 0 Å². The van der Waals surface area contributed by atoms with Gasteiger partial charge in [-0.05, 0) is 25.0 Å². The van der Waals surface area contributed by atoms with Crippen molar-refractivity contribution < 1.29 is 8.42 Å².